The molecule has 9 heteroatoms. The maximum Gasteiger partial charge on any atom is 0.416 e. The minimum atomic E-state index is -4.21. The second-order valence-corrected chi connectivity index (χ2v) is 9.95. The molecule has 0 bridgehead atoms. The van der Waals surface area contributed by atoms with Gasteiger partial charge in [-0.15, -0.1) is 0 Å². The van der Waals surface area contributed by atoms with Gasteiger partial charge in [0.05, 0.1) is 5.56 Å². The largest absolute Gasteiger partial charge is 0.483 e. The molecular weight excluding hydrogens is 500 g/mol. The highest BCUT2D eigenvalue weighted by molar-refractivity contribution is 5.42. The van der Waals surface area contributed by atoms with E-state index in [4.69, 9.17) is 14.6 Å². The number of rotatable bonds is 4. The molecule has 0 amide bonds. The lowest BCUT2D eigenvalue weighted by atomic mass is 10.0. The molecule has 1 aromatic heterocycles. The zero-order valence-corrected chi connectivity index (χ0v) is 21.2. The Kier molecular flexibility index (Phi) is 8.35. The van der Waals surface area contributed by atoms with Gasteiger partial charge in [0, 0.05) is 23.9 Å². The van der Waals surface area contributed by atoms with Crippen molar-refractivity contribution in [2.75, 3.05) is 14.1 Å². The van der Waals surface area contributed by atoms with E-state index in [9.17, 15) is 17.6 Å². The SMILES string of the molecule is CN(C)C1CCc2cc(COc3cc4c(cn3)C3CC3C4)c(F)cc21.FC(F)(F)c1ccccc1.O=CO. The Labute approximate surface area is 219 Å². The maximum atomic E-state index is 14.5. The van der Waals surface area contributed by atoms with Crippen molar-refractivity contribution in [3.05, 3.63) is 93.9 Å². The van der Waals surface area contributed by atoms with Crippen LogP contribution < -0.4 is 4.74 Å². The van der Waals surface area contributed by atoms with Crippen molar-refractivity contribution in [1.29, 1.82) is 0 Å². The van der Waals surface area contributed by atoms with Gasteiger partial charge in [-0.25, -0.2) is 9.37 Å². The van der Waals surface area contributed by atoms with Gasteiger partial charge >= 0.3 is 6.18 Å². The van der Waals surface area contributed by atoms with Crippen LogP contribution in [0.25, 0.3) is 0 Å². The number of benzene rings is 2. The molecule has 3 atom stereocenters. The van der Waals surface area contributed by atoms with Gasteiger partial charge in [-0.2, -0.15) is 13.2 Å². The molecule has 1 N–H and O–H groups in total. The zero-order valence-electron chi connectivity index (χ0n) is 21.2. The first-order valence-corrected chi connectivity index (χ1v) is 12.4. The summed E-state index contributed by atoms with van der Waals surface area (Å²) in [4.78, 5) is 15.0. The number of hydrogen-bond acceptors (Lipinski definition) is 4. The normalized spacial score (nSPS) is 20.2. The number of pyridine rings is 1. The quantitative estimate of drug-likeness (QED) is 0.312. The highest BCUT2D eigenvalue weighted by Crippen LogP contribution is 2.56. The van der Waals surface area contributed by atoms with Crippen molar-refractivity contribution in [2.24, 2.45) is 5.92 Å². The van der Waals surface area contributed by atoms with Crippen molar-refractivity contribution < 1.29 is 32.2 Å². The van der Waals surface area contributed by atoms with E-state index < -0.39 is 11.7 Å². The first-order chi connectivity index (χ1) is 18.1. The number of carbonyl (C=O) groups is 1. The van der Waals surface area contributed by atoms with E-state index in [1.54, 1.807) is 12.1 Å². The number of hydrogen-bond donors (Lipinski definition) is 1. The first-order valence-electron chi connectivity index (χ1n) is 12.4. The minimum absolute atomic E-state index is 0.171. The van der Waals surface area contributed by atoms with E-state index in [0.29, 0.717) is 17.5 Å². The lowest BCUT2D eigenvalue weighted by molar-refractivity contribution is -0.137. The molecule has 1 heterocycles. The standard InChI is InChI=1S/C21H23FN2O.C7H5F3.CH2O2/c1-24(2)20-4-3-12-5-15(19(22)9-17(12)20)11-25-21-8-14-6-13-7-16(13)18(14)10-23-21;8-7(9,10)6-4-2-1-3-5-6;2-1-3/h5,8-10,13,16,20H,3-4,6-7,11H2,1-2H3;1-5H;1H,(H,2,3). The van der Waals surface area contributed by atoms with E-state index in [2.05, 4.69) is 30.0 Å². The zero-order chi connectivity index (χ0) is 27.4. The van der Waals surface area contributed by atoms with Gasteiger partial charge in [-0.1, -0.05) is 30.3 Å². The molecule has 1 saturated carbocycles. The smallest absolute Gasteiger partial charge is 0.416 e. The number of nitrogens with zero attached hydrogens (tertiary/aromatic N) is 2. The summed E-state index contributed by atoms with van der Waals surface area (Å²) >= 11 is 0. The van der Waals surface area contributed by atoms with Crippen LogP contribution >= 0.6 is 0 Å². The van der Waals surface area contributed by atoms with E-state index in [1.807, 2.05) is 12.3 Å². The second-order valence-electron chi connectivity index (χ2n) is 9.95. The lowest BCUT2D eigenvalue weighted by Crippen LogP contribution is -2.17. The maximum absolute atomic E-state index is 14.5. The second kappa shape index (κ2) is 11.5. The molecule has 1 fully saturated rings. The third-order valence-corrected chi connectivity index (χ3v) is 7.26. The third kappa shape index (κ3) is 6.32. The molecule has 0 saturated heterocycles. The van der Waals surface area contributed by atoms with Crippen molar-refractivity contribution in [2.45, 2.75) is 50.4 Å². The molecule has 0 radical (unpaired) electrons. The molecule has 0 aliphatic heterocycles. The number of halogens is 4. The summed E-state index contributed by atoms with van der Waals surface area (Å²) in [5, 5.41) is 6.89. The van der Waals surface area contributed by atoms with Crippen molar-refractivity contribution >= 4 is 6.47 Å². The summed E-state index contributed by atoms with van der Waals surface area (Å²) < 4.78 is 55.7. The van der Waals surface area contributed by atoms with Gasteiger partial charge in [0.1, 0.15) is 12.4 Å². The van der Waals surface area contributed by atoms with Crippen LogP contribution in [0.15, 0.2) is 54.7 Å². The molecule has 202 valence electrons. The lowest BCUT2D eigenvalue weighted by Gasteiger charge is -2.20. The minimum Gasteiger partial charge on any atom is -0.483 e. The van der Waals surface area contributed by atoms with Gasteiger partial charge in [0.25, 0.3) is 6.47 Å². The number of aromatic nitrogens is 1. The number of alkyl halides is 3. The predicted molar refractivity (Wildman–Crippen MR) is 134 cm³/mol. The molecule has 6 rings (SSSR count). The number of ether oxygens (including phenoxy) is 1. The molecule has 3 aromatic rings. The van der Waals surface area contributed by atoms with Crippen LogP contribution in [0.3, 0.4) is 0 Å². The van der Waals surface area contributed by atoms with Crippen LogP contribution in [0.5, 0.6) is 5.88 Å². The Morgan fingerprint density at radius 2 is 1.82 bits per heavy atom. The summed E-state index contributed by atoms with van der Waals surface area (Å²) in [7, 11) is 4.11. The molecule has 38 heavy (non-hydrogen) atoms. The van der Waals surface area contributed by atoms with E-state index >= 15 is 0 Å². The Morgan fingerprint density at radius 3 is 2.45 bits per heavy atom. The fourth-order valence-electron chi connectivity index (χ4n) is 5.30. The van der Waals surface area contributed by atoms with Crippen molar-refractivity contribution in [1.82, 2.24) is 9.88 Å². The van der Waals surface area contributed by atoms with E-state index in [0.717, 1.165) is 48.8 Å². The molecular formula is C29H30F4N2O3. The van der Waals surface area contributed by atoms with Gasteiger partial charge in [-0.05, 0) is 86.0 Å². The van der Waals surface area contributed by atoms with Crippen molar-refractivity contribution in [3.8, 4) is 5.88 Å². The van der Waals surface area contributed by atoms with E-state index in [1.165, 1.54) is 35.2 Å². The Hall–Kier alpha value is -3.46. The van der Waals surface area contributed by atoms with Crippen LogP contribution in [0.2, 0.25) is 0 Å². The summed E-state index contributed by atoms with van der Waals surface area (Å²) in [6.07, 6.45) is 2.29. The van der Waals surface area contributed by atoms with Gasteiger partial charge in [0.2, 0.25) is 5.88 Å². The Balaban J connectivity index is 0.000000217. The van der Waals surface area contributed by atoms with E-state index in [-0.39, 0.29) is 18.9 Å². The topological polar surface area (TPSA) is 62.7 Å². The number of carboxylic acid groups (broad SMARTS) is 1. The van der Waals surface area contributed by atoms with Crippen LogP contribution in [0.4, 0.5) is 17.6 Å². The summed E-state index contributed by atoms with van der Waals surface area (Å²) in [6, 6.07) is 12.4. The fourth-order valence-corrected chi connectivity index (χ4v) is 5.30. The van der Waals surface area contributed by atoms with Gasteiger partial charge in [0.15, 0.2) is 0 Å². The monoisotopic (exact) mass is 530 g/mol. The molecule has 0 spiro atoms. The molecule has 3 aliphatic carbocycles. The Bertz CT molecular complexity index is 1260. The summed E-state index contributed by atoms with van der Waals surface area (Å²) in [5.41, 5.74) is 5.17. The van der Waals surface area contributed by atoms with Gasteiger partial charge in [-0.3, -0.25) is 4.79 Å². The molecule has 3 unspecified atom stereocenters. The highest BCUT2D eigenvalue weighted by atomic mass is 19.4. The summed E-state index contributed by atoms with van der Waals surface area (Å²) in [6.45, 7) is -0.00954. The predicted octanol–water partition coefficient (Wildman–Crippen LogP) is 6.41. The van der Waals surface area contributed by atoms with Crippen LogP contribution in [-0.4, -0.2) is 35.6 Å². The molecule has 5 nitrogen and oxygen atoms in total. The Morgan fingerprint density at radius 1 is 1.11 bits per heavy atom. The van der Waals surface area contributed by atoms with Crippen LogP contribution in [0.1, 0.15) is 58.2 Å². The molecule has 3 aliphatic rings. The highest BCUT2D eigenvalue weighted by Gasteiger charge is 2.45. The van der Waals surface area contributed by atoms with Gasteiger partial charge < -0.3 is 14.7 Å². The first kappa shape index (κ1) is 27.6. The van der Waals surface area contributed by atoms with Crippen molar-refractivity contribution in [3.63, 3.8) is 0 Å². The molecule has 2 aromatic carbocycles. The summed E-state index contributed by atoms with van der Waals surface area (Å²) in [5.74, 6) is 2.03. The average molecular weight is 531 g/mol. The third-order valence-electron chi connectivity index (χ3n) is 7.26. The number of fused-ring (bicyclic) bond motifs is 4. The average Bonchev–Trinajstić information content (AvgIpc) is 3.36. The van der Waals surface area contributed by atoms with Crippen LogP contribution in [-0.2, 0) is 30.4 Å². The van der Waals surface area contributed by atoms with Crippen LogP contribution in [0, 0.1) is 11.7 Å². The fraction of sp³-hybridized carbons (Fsp3) is 0.379. The number of aryl methyl sites for hydroxylation is 1.